The molecule has 2 aromatic carbocycles. The standard InChI is InChI=1S/C19H20ClN3O4/c1-19(2,3)14-4-7-16(8-5-14)27-12-18(24)22-21-11-13-10-15(23(25)26)6-9-17(13)20/h4-11H,12H2,1-3H3,(H,22,24)/b21-11-. The number of hydrogen-bond acceptors (Lipinski definition) is 5. The molecule has 0 unspecified atom stereocenters. The number of hydrazone groups is 1. The lowest BCUT2D eigenvalue weighted by molar-refractivity contribution is -0.384. The van der Waals surface area contributed by atoms with Crippen molar-refractivity contribution < 1.29 is 14.5 Å². The van der Waals surface area contributed by atoms with Crippen molar-refractivity contribution in [2.45, 2.75) is 26.2 Å². The van der Waals surface area contributed by atoms with Crippen molar-refractivity contribution in [3.05, 3.63) is 68.7 Å². The van der Waals surface area contributed by atoms with Crippen molar-refractivity contribution in [2.75, 3.05) is 6.61 Å². The highest BCUT2D eigenvalue weighted by atomic mass is 35.5. The van der Waals surface area contributed by atoms with Crippen LogP contribution in [0.5, 0.6) is 5.75 Å². The summed E-state index contributed by atoms with van der Waals surface area (Å²) in [5.74, 6) is 0.108. The maximum atomic E-state index is 11.8. The van der Waals surface area contributed by atoms with Crippen molar-refractivity contribution in [1.82, 2.24) is 5.43 Å². The molecule has 0 spiro atoms. The average Bonchev–Trinajstić information content (AvgIpc) is 2.61. The number of amides is 1. The van der Waals surface area contributed by atoms with Crippen LogP contribution in [0.1, 0.15) is 31.9 Å². The fourth-order valence-electron chi connectivity index (χ4n) is 2.15. The lowest BCUT2D eigenvalue weighted by Gasteiger charge is -2.19. The fourth-order valence-corrected chi connectivity index (χ4v) is 2.32. The van der Waals surface area contributed by atoms with Gasteiger partial charge in [-0.15, -0.1) is 0 Å². The third-order valence-corrected chi connectivity index (χ3v) is 4.02. The van der Waals surface area contributed by atoms with Gasteiger partial charge >= 0.3 is 0 Å². The lowest BCUT2D eigenvalue weighted by Crippen LogP contribution is -2.24. The summed E-state index contributed by atoms with van der Waals surface area (Å²) in [6.45, 7) is 6.13. The summed E-state index contributed by atoms with van der Waals surface area (Å²) in [6.07, 6.45) is 1.24. The van der Waals surface area contributed by atoms with Crippen LogP contribution in [0, 0.1) is 10.1 Å². The van der Waals surface area contributed by atoms with Crippen LogP contribution in [0.25, 0.3) is 0 Å². The summed E-state index contributed by atoms with van der Waals surface area (Å²) in [5.41, 5.74) is 3.70. The van der Waals surface area contributed by atoms with Crippen LogP contribution >= 0.6 is 11.6 Å². The number of nitro groups is 1. The Morgan fingerprint density at radius 2 is 1.93 bits per heavy atom. The van der Waals surface area contributed by atoms with Gasteiger partial charge in [0.1, 0.15) is 5.75 Å². The monoisotopic (exact) mass is 389 g/mol. The number of nitrogens with one attached hydrogen (secondary N) is 1. The highest BCUT2D eigenvalue weighted by Gasteiger charge is 2.13. The minimum Gasteiger partial charge on any atom is -0.484 e. The van der Waals surface area contributed by atoms with Crippen molar-refractivity contribution in [3.8, 4) is 5.75 Å². The number of halogens is 1. The maximum Gasteiger partial charge on any atom is 0.277 e. The van der Waals surface area contributed by atoms with E-state index in [0.717, 1.165) is 5.56 Å². The summed E-state index contributed by atoms with van der Waals surface area (Å²) in [4.78, 5) is 22.0. The third-order valence-electron chi connectivity index (χ3n) is 3.67. The number of nitrogens with zero attached hydrogens (tertiary/aromatic N) is 2. The Hall–Kier alpha value is -2.93. The summed E-state index contributed by atoms with van der Waals surface area (Å²) in [5, 5.41) is 14.8. The molecule has 1 N–H and O–H groups in total. The van der Waals surface area contributed by atoms with Crippen LogP contribution < -0.4 is 10.2 Å². The minimum absolute atomic E-state index is 0.0401. The molecule has 0 atom stereocenters. The summed E-state index contributed by atoms with van der Waals surface area (Å²) in [6, 6.07) is 11.5. The molecule has 2 rings (SSSR count). The van der Waals surface area contributed by atoms with Crippen LogP contribution in [0.15, 0.2) is 47.6 Å². The van der Waals surface area contributed by atoms with Crippen LogP contribution in [0.4, 0.5) is 5.69 Å². The normalized spacial score (nSPS) is 11.4. The van der Waals surface area contributed by atoms with Crippen LogP contribution in [-0.2, 0) is 10.2 Å². The average molecular weight is 390 g/mol. The molecule has 0 aliphatic rings. The molecule has 27 heavy (non-hydrogen) atoms. The Balaban J connectivity index is 1.88. The predicted molar refractivity (Wildman–Crippen MR) is 104 cm³/mol. The SMILES string of the molecule is CC(C)(C)c1ccc(OCC(=O)N/N=C\c2cc([N+](=O)[O-])ccc2Cl)cc1. The van der Waals surface area contributed by atoms with Gasteiger partial charge in [-0.3, -0.25) is 14.9 Å². The molecule has 0 aliphatic heterocycles. The van der Waals surface area contributed by atoms with Gasteiger partial charge in [0.15, 0.2) is 6.61 Å². The van der Waals surface area contributed by atoms with Gasteiger partial charge in [0.05, 0.1) is 11.1 Å². The van der Waals surface area contributed by atoms with Crippen molar-refractivity contribution in [1.29, 1.82) is 0 Å². The van der Waals surface area contributed by atoms with E-state index in [-0.39, 0.29) is 22.7 Å². The quantitative estimate of drug-likeness (QED) is 0.457. The highest BCUT2D eigenvalue weighted by molar-refractivity contribution is 6.33. The van der Waals surface area contributed by atoms with E-state index in [1.165, 1.54) is 24.4 Å². The van der Waals surface area contributed by atoms with Crippen molar-refractivity contribution in [2.24, 2.45) is 5.10 Å². The van der Waals surface area contributed by atoms with Crippen LogP contribution in [0.2, 0.25) is 5.02 Å². The molecule has 142 valence electrons. The summed E-state index contributed by atoms with van der Waals surface area (Å²) < 4.78 is 5.41. The van der Waals surface area contributed by atoms with Crippen LogP contribution in [-0.4, -0.2) is 23.7 Å². The van der Waals surface area contributed by atoms with Gasteiger partial charge in [0.25, 0.3) is 11.6 Å². The smallest absolute Gasteiger partial charge is 0.277 e. The Morgan fingerprint density at radius 3 is 2.52 bits per heavy atom. The second-order valence-corrected chi connectivity index (χ2v) is 7.23. The third kappa shape index (κ3) is 6.07. The first-order chi connectivity index (χ1) is 12.7. The molecule has 0 saturated heterocycles. The van der Waals surface area contributed by atoms with E-state index >= 15 is 0 Å². The first kappa shape index (κ1) is 20.4. The van der Waals surface area contributed by atoms with E-state index < -0.39 is 10.8 Å². The zero-order chi connectivity index (χ0) is 20.0. The van der Waals surface area contributed by atoms with Gasteiger partial charge in [0.2, 0.25) is 0 Å². The topological polar surface area (TPSA) is 93.8 Å². The molecule has 0 fully saturated rings. The van der Waals surface area contributed by atoms with Gasteiger partial charge in [0, 0.05) is 22.7 Å². The molecule has 7 nitrogen and oxygen atoms in total. The number of carbonyl (C=O) groups is 1. The van der Waals surface area contributed by atoms with E-state index in [0.29, 0.717) is 11.3 Å². The van der Waals surface area contributed by atoms with E-state index in [1.54, 1.807) is 12.1 Å². The van der Waals surface area contributed by atoms with Gasteiger partial charge < -0.3 is 4.74 Å². The van der Waals surface area contributed by atoms with Crippen LogP contribution in [0.3, 0.4) is 0 Å². The largest absolute Gasteiger partial charge is 0.484 e. The second kappa shape index (κ2) is 8.64. The van der Waals surface area contributed by atoms with E-state index in [1.807, 2.05) is 12.1 Å². The molecular weight excluding hydrogens is 370 g/mol. The zero-order valence-corrected chi connectivity index (χ0v) is 16.0. The first-order valence-corrected chi connectivity index (χ1v) is 8.54. The molecule has 2 aromatic rings. The summed E-state index contributed by atoms with van der Waals surface area (Å²) in [7, 11) is 0. The lowest BCUT2D eigenvalue weighted by atomic mass is 9.87. The molecule has 0 aromatic heterocycles. The molecular formula is C19H20ClN3O4. The number of benzene rings is 2. The number of non-ortho nitro benzene ring substituents is 1. The second-order valence-electron chi connectivity index (χ2n) is 6.82. The van der Waals surface area contributed by atoms with E-state index in [2.05, 4.69) is 31.3 Å². The Labute approximate surface area is 162 Å². The zero-order valence-electron chi connectivity index (χ0n) is 15.2. The molecule has 1 amide bonds. The highest BCUT2D eigenvalue weighted by Crippen LogP contribution is 2.24. The molecule has 0 radical (unpaired) electrons. The molecule has 0 heterocycles. The predicted octanol–water partition coefficient (Wildman–Crippen LogP) is 4.07. The van der Waals surface area contributed by atoms with Gasteiger partial charge in [-0.1, -0.05) is 44.5 Å². The number of nitro benzene ring substituents is 1. The van der Waals surface area contributed by atoms with Gasteiger partial charge in [-0.25, -0.2) is 5.43 Å². The van der Waals surface area contributed by atoms with Gasteiger partial charge in [-0.05, 0) is 29.2 Å². The number of carbonyl (C=O) groups excluding carboxylic acids is 1. The molecule has 0 bridgehead atoms. The first-order valence-electron chi connectivity index (χ1n) is 8.16. The fraction of sp³-hybridized carbons (Fsp3) is 0.263. The minimum atomic E-state index is -0.537. The Bertz CT molecular complexity index is 858. The van der Waals surface area contributed by atoms with Crippen molar-refractivity contribution in [3.63, 3.8) is 0 Å². The molecule has 0 saturated carbocycles. The Morgan fingerprint density at radius 1 is 1.26 bits per heavy atom. The summed E-state index contributed by atoms with van der Waals surface area (Å²) >= 11 is 5.95. The van der Waals surface area contributed by atoms with E-state index in [4.69, 9.17) is 16.3 Å². The molecule has 0 aliphatic carbocycles. The number of rotatable bonds is 6. The number of ether oxygens (including phenoxy) is 1. The van der Waals surface area contributed by atoms with E-state index in [9.17, 15) is 14.9 Å². The van der Waals surface area contributed by atoms with Crippen molar-refractivity contribution >= 4 is 29.4 Å². The number of hydrogen-bond donors (Lipinski definition) is 1. The Kier molecular flexibility index (Phi) is 6.52. The maximum absolute atomic E-state index is 11.8. The van der Waals surface area contributed by atoms with Gasteiger partial charge in [-0.2, -0.15) is 5.10 Å². The molecule has 8 heteroatoms.